The van der Waals surface area contributed by atoms with Crippen molar-refractivity contribution >= 4 is 28.7 Å². The summed E-state index contributed by atoms with van der Waals surface area (Å²) in [5.41, 5.74) is 5.80. The van der Waals surface area contributed by atoms with Gasteiger partial charge in [-0.2, -0.15) is 0 Å². The molecular weight excluding hydrogens is 324 g/mol. The molecule has 1 aromatic carbocycles. The van der Waals surface area contributed by atoms with Crippen LogP contribution in [0.25, 0.3) is 11.0 Å². The molecule has 25 heavy (non-hydrogen) atoms. The van der Waals surface area contributed by atoms with Crippen molar-refractivity contribution in [3.63, 3.8) is 0 Å². The number of carbonyl (C=O) groups is 3. The van der Waals surface area contributed by atoms with Crippen LogP contribution in [-0.2, 0) is 20.8 Å². The normalized spacial score (nSPS) is 15.0. The molecule has 2 aromatic rings. The molecule has 3 rings (SSSR count). The van der Waals surface area contributed by atoms with E-state index in [2.05, 4.69) is 16.0 Å². The molecule has 3 amide bonds. The van der Waals surface area contributed by atoms with Crippen molar-refractivity contribution in [3.05, 3.63) is 30.0 Å². The van der Waals surface area contributed by atoms with Gasteiger partial charge in [-0.25, -0.2) is 0 Å². The highest BCUT2D eigenvalue weighted by molar-refractivity contribution is 5.89. The van der Waals surface area contributed by atoms with Crippen molar-refractivity contribution in [1.29, 1.82) is 0 Å². The molecule has 1 saturated heterocycles. The topological polar surface area (TPSA) is 105 Å². The van der Waals surface area contributed by atoms with Crippen LogP contribution in [0.5, 0.6) is 0 Å². The largest absolute Gasteiger partial charge is 0.356 e. The Hall–Kier alpha value is -2.90. The Balaban J connectivity index is 1.48. The number of hydrogen-bond donors (Lipinski definition) is 2. The molecule has 8 heteroatoms. The van der Waals surface area contributed by atoms with Gasteiger partial charge in [-0.05, 0) is 25.0 Å². The van der Waals surface area contributed by atoms with E-state index in [-0.39, 0.29) is 18.9 Å². The minimum absolute atomic E-state index is 0.0140. The Labute approximate surface area is 144 Å². The first-order chi connectivity index (χ1) is 12.1. The molecule has 0 radical (unpaired) electrons. The highest BCUT2D eigenvalue weighted by atomic mass is 16.5. The zero-order valence-corrected chi connectivity index (χ0v) is 13.8. The molecule has 2 N–H and O–H groups in total. The maximum atomic E-state index is 12.0. The summed E-state index contributed by atoms with van der Waals surface area (Å²) in [6.07, 6.45) is 3.20. The van der Waals surface area contributed by atoms with E-state index in [0.29, 0.717) is 24.2 Å². The Kier molecular flexibility index (Phi) is 5.27. The van der Waals surface area contributed by atoms with Gasteiger partial charge in [0, 0.05) is 18.4 Å². The van der Waals surface area contributed by atoms with Crippen LogP contribution >= 0.6 is 0 Å². The van der Waals surface area contributed by atoms with E-state index in [1.807, 2.05) is 18.2 Å². The first-order valence-electron chi connectivity index (χ1n) is 8.32. The van der Waals surface area contributed by atoms with Crippen LogP contribution in [0.2, 0.25) is 0 Å². The van der Waals surface area contributed by atoms with Crippen LogP contribution in [-0.4, -0.2) is 40.9 Å². The van der Waals surface area contributed by atoms with Gasteiger partial charge in [-0.15, -0.1) is 0 Å². The minimum Gasteiger partial charge on any atom is -0.356 e. The smallest absolute Gasteiger partial charge is 0.257 e. The number of carbonyl (C=O) groups excluding carboxylic acids is 3. The molecule has 8 nitrogen and oxygen atoms in total. The van der Waals surface area contributed by atoms with E-state index >= 15 is 0 Å². The van der Waals surface area contributed by atoms with Crippen LogP contribution in [0.4, 0.5) is 0 Å². The van der Waals surface area contributed by atoms with Gasteiger partial charge in [0.05, 0.1) is 6.42 Å². The molecule has 2 heterocycles. The second-order valence-electron chi connectivity index (χ2n) is 6.02. The van der Waals surface area contributed by atoms with Gasteiger partial charge in [0.25, 0.3) is 5.91 Å². The number of hydrazine groups is 1. The third-order valence-corrected chi connectivity index (χ3v) is 4.13. The number of nitrogens with one attached hydrogen (secondary N) is 2. The predicted molar refractivity (Wildman–Crippen MR) is 89.0 cm³/mol. The fraction of sp³-hybridized carbons (Fsp3) is 0.412. The second-order valence-corrected chi connectivity index (χ2v) is 6.02. The summed E-state index contributed by atoms with van der Waals surface area (Å²) >= 11 is 0. The summed E-state index contributed by atoms with van der Waals surface area (Å²) < 4.78 is 5.14. The second kappa shape index (κ2) is 7.78. The standard InChI is InChI=1S/C17H20N4O4/c22-15(10-13-12-6-3-4-7-14(12)25-20-13)18-19-16(23)11-21-9-5-1-2-8-17(21)24/h3-4,6-7H,1-2,5,8-11H2,(H,18,22)(H,19,23). The van der Waals surface area contributed by atoms with Crippen molar-refractivity contribution in [2.45, 2.75) is 32.1 Å². The summed E-state index contributed by atoms with van der Waals surface area (Å²) in [4.78, 5) is 37.3. The van der Waals surface area contributed by atoms with Crippen LogP contribution in [0.3, 0.4) is 0 Å². The quantitative estimate of drug-likeness (QED) is 0.803. The van der Waals surface area contributed by atoms with Gasteiger partial charge >= 0.3 is 0 Å². The lowest BCUT2D eigenvalue weighted by atomic mass is 10.2. The van der Waals surface area contributed by atoms with Gasteiger partial charge < -0.3 is 9.42 Å². The molecule has 0 saturated carbocycles. The molecule has 1 aromatic heterocycles. The lowest BCUT2D eigenvalue weighted by Crippen LogP contribution is -2.48. The van der Waals surface area contributed by atoms with Crippen LogP contribution < -0.4 is 10.9 Å². The number of fused-ring (bicyclic) bond motifs is 1. The number of likely N-dealkylation sites (tertiary alicyclic amines) is 1. The Bertz CT molecular complexity index is 786. The Morgan fingerprint density at radius 2 is 1.92 bits per heavy atom. The van der Waals surface area contributed by atoms with E-state index in [4.69, 9.17) is 4.52 Å². The molecule has 132 valence electrons. The van der Waals surface area contributed by atoms with Crippen LogP contribution in [0, 0.1) is 0 Å². The highest BCUT2D eigenvalue weighted by Crippen LogP contribution is 2.17. The number of para-hydroxylation sites is 1. The first kappa shape index (κ1) is 16.9. The third-order valence-electron chi connectivity index (χ3n) is 4.13. The fourth-order valence-corrected chi connectivity index (χ4v) is 2.82. The SMILES string of the molecule is O=C(Cc1noc2ccccc12)NNC(=O)CN1CCCCCC1=O. The van der Waals surface area contributed by atoms with E-state index in [1.165, 1.54) is 4.90 Å². The number of rotatable bonds is 4. The average molecular weight is 344 g/mol. The Morgan fingerprint density at radius 1 is 1.12 bits per heavy atom. The van der Waals surface area contributed by atoms with Crippen LogP contribution in [0.1, 0.15) is 31.4 Å². The molecule has 1 aliphatic rings. The fourth-order valence-electron chi connectivity index (χ4n) is 2.82. The van der Waals surface area contributed by atoms with Crippen molar-refractivity contribution in [2.75, 3.05) is 13.1 Å². The molecule has 0 bridgehead atoms. The van der Waals surface area contributed by atoms with Gasteiger partial charge in [-0.3, -0.25) is 25.2 Å². The third kappa shape index (κ3) is 4.34. The van der Waals surface area contributed by atoms with E-state index in [1.54, 1.807) is 6.07 Å². The number of hydrogen-bond acceptors (Lipinski definition) is 5. The molecule has 0 aliphatic carbocycles. The monoisotopic (exact) mass is 344 g/mol. The summed E-state index contributed by atoms with van der Waals surface area (Å²) in [6, 6.07) is 7.24. The molecule has 0 unspecified atom stereocenters. The van der Waals surface area contributed by atoms with Gasteiger partial charge in [0.2, 0.25) is 11.8 Å². The molecule has 1 aliphatic heterocycles. The van der Waals surface area contributed by atoms with Crippen molar-refractivity contribution < 1.29 is 18.9 Å². The zero-order valence-electron chi connectivity index (χ0n) is 13.8. The molecule has 0 atom stereocenters. The number of benzene rings is 1. The molecule has 0 spiro atoms. The lowest BCUT2D eigenvalue weighted by Gasteiger charge is -2.19. The maximum absolute atomic E-state index is 12.0. The summed E-state index contributed by atoms with van der Waals surface area (Å²) in [7, 11) is 0. The van der Waals surface area contributed by atoms with Crippen LogP contribution in [0.15, 0.2) is 28.8 Å². The summed E-state index contributed by atoms with van der Waals surface area (Å²) in [5.74, 6) is -0.851. The lowest BCUT2D eigenvalue weighted by molar-refractivity contribution is -0.136. The van der Waals surface area contributed by atoms with E-state index in [0.717, 1.165) is 24.6 Å². The Morgan fingerprint density at radius 3 is 2.80 bits per heavy atom. The first-order valence-corrected chi connectivity index (χ1v) is 8.32. The van der Waals surface area contributed by atoms with Gasteiger partial charge in [0.1, 0.15) is 12.2 Å². The molecular formula is C17H20N4O4. The number of amides is 3. The van der Waals surface area contributed by atoms with Gasteiger partial charge in [0.15, 0.2) is 5.58 Å². The van der Waals surface area contributed by atoms with Crippen molar-refractivity contribution in [1.82, 2.24) is 20.9 Å². The molecule has 1 fully saturated rings. The predicted octanol–water partition coefficient (Wildman–Crippen LogP) is 0.920. The van der Waals surface area contributed by atoms with E-state index < -0.39 is 11.8 Å². The number of aromatic nitrogens is 1. The van der Waals surface area contributed by atoms with Crippen molar-refractivity contribution in [3.8, 4) is 0 Å². The highest BCUT2D eigenvalue weighted by Gasteiger charge is 2.19. The van der Waals surface area contributed by atoms with E-state index in [9.17, 15) is 14.4 Å². The average Bonchev–Trinajstić information content (AvgIpc) is 2.90. The number of nitrogens with zero attached hydrogens (tertiary/aromatic N) is 2. The summed E-state index contributed by atoms with van der Waals surface area (Å²) in [5, 5.41) is 4.64. The maximum Gasteiger partial charge on any atom is 0.257 e. The zero-order chi connectivity index (χ0) is 17.6. The van der Waals surface area contributed by atoms with Crippen molar-refractivity contribution in [2.24, 2.45) is 0 Å². The van der Waals surface area contributed by atoms with Gasteiger partial charge in [-0.1, -0.05) is 23.7 Å². The summed E-state index contributed by atoms with van der Waals surface area (Å²) in [6.45, 7) is 0.525. The minimum atomic E-state index is -0.423.